The van der Waals surface area contributed by atoms with E-state index >= 15 is 0 Å². The molecule has 1 saturated heterocycles. The van der Waals surface area contributed by atoms with E-state index in [1.54, 1.807) is 41.3 Å². The molecule has 0 unspecified atom stereocenters. The van der Waals surface area contributed by atoms with Crippen molar-refractivity contribution in [1.82, 2.24) is 4.90 Å². The van der Waals surface area contributed by atoms with Crippen LogP contribution < -0.4 is 4.90 Å². The summed E-state index contributed by atoms with van der Waals surface area (Å²) in [4.78, 5) is 16.3. The first-order valence-corrected chi connectivity index (χ1v) is 8.71. The zero-order chi connectivity index (χ0) is 17.8. The molecule has 1 amide bonds. The molecular weight excluding hydrogens is 362 g/mol. The number of halogens is 3. The molecule has 3 rings (SSSR count). The standard InChI is InChI=1S/C19H17Cl2FN2O/c20-15-3-1-14(18(21)13-15)2-8-19(25)24-11-9-23(10-12-24)17-6-4-16(22)5-7-17/h1-8,13H,9-12H2/b8-2+. The molecule has 3 nitrogen and oxygen atoms in total. The normalized spacial score (nSPS) is 15.0. The van der Waals surface area contributed by atoms with Gasteiger partial charge in [-0.15, -0.1) is 0 Å². The molecule has 130 valence electrons. The lowest BCUT2D eigenvalue weighted by Gasteiger charge is -2.35. The predicted molar refractivity (Wildman–Crippen MR) is 101 cm³/mol. The van der Waals surface area contributed by atoms with Crippen molar-refractivity contribution >= 4 is 40.9 Å². The highest BCUT2D eigenvalue weighted by atomic mass is 35.5. The SMILES string of the molecule is O=C(/C=C/c1ccc(Cl)cc1Cl)N1CCN(c2ccc(F)cc2)CC1. The third-order valence-corrected chi connectivity index (χ3v) is 4.71. The molecule has 1 heterocycles. The van der Waals surface area contributed by atoms with Gasteiger partial charge in [-0.1, -0.05) is 29.3 Å². The molecule has 25 heavy (non-hydrogen) atoms. The largest absolute Gasteiger partial charge is 0.368 e. The lowest BCUT2D eigenvalue weighted by molar-refractivity contribution is -0.126. The smallest absolute Gasteiger partial charge is 0.246 e. The van der Waals surface area contributed by atoms with Gasteiger partial charge in [0.2, 0.25) is 5.91 Å². The van der Waals surface area contributed by atoms with Crippen molar-refractivity contribution in [3.8, 4) is 0 Å². The number of rotatable bonds is 3. The topological polar surface area (TPSA) is 23.6 Å². The maximum absolute atomic E-state index is 13.0. The highest BCUT2D eigenvalue weighted by Gasteiger charge is 2.19. The second kappa shape index (κ2) is 7.89. The van der Waals surface area contributed by atoms with Crippen molar-refractivity contribution in [2.24, 2.45) is 0 Å². The molecule has 1 aliphatic heterocycles. The Balaban J connectivity index is 1.58. The van der Waals surface area contributed by atoms with Gasteiger partial charge >= 0.3 is 0 Å². The minimum absolute atomic E-state index is 0.0511. The Morgan fingerprint density at radius 3 is 2.32 bits per heavy atom. The van der Waals surface area contributed by atoms with Crippen LogP contribution >= 0.6 is 23.2 Å². The summed E-state index contributed by atoms with van der Waals surface area (Å²) in [5, 5.41) is 1.07. The number of hydrogen-bond acceptors (Lipinski definition) is 2. The van der Waals surface area contributed by atoms with Crippen molar-refractivity contribution in [2.45, 2.75) is 0 Å². The van der Waals surface area contributed by atoms with Gasteiger partial charge in [-0.3, -0.25) is 4.79 Å². The summed E-state index contributed by atoms with van der Waals surface area (Å²) in [5.41, 5.74) is 1.72. The summed E-state index contributed by atoms with van der Waals surface area (Å²) in [6, 6.07) is 11.6. The fourth-order valence-corrected chi connectivity index (χ4v) is 3.21. The number of piperazine rings is 1. The van der Waals surface area contributed by atoms with Crippen LogP contribution in [0.2, 0.25) is 10.0 Å². The van der Waals surface area contributed by atoms with Gasteiger partial charge in [0.25, 0.3) is 0 Å². The number of carbonyl (C=O) groups is 1. The van der Waals surface area contributed by atoms with E-state index in [1.807, 2.05) is 0 Å². The van der Waals surface area contributed by atoms with Crippen LogP contribution in [0, 0.1) is 5.82 Å². The molecule has 0 aromatic heterocycles. The Hall–Kier alpha value is -2.04. The van der Waals surface area contributed by atoms with Crippen LogP contribution in [0.4, 0.5) is 10.1 Å². The van der Waals surface area contributed by atoms with Crippen molar-refractivity contribution in [3.63, 3.8) is 0 Å². The summed E-state index contributed by atoms with van der Waals surface area (Å²) in [5.74, 6) is -0.298. The molecule has 2 aromatic rings. The quantitative estimate of drug-likeness (QED) is 0.734. The third-order valence-electron chi connectivity index (χ3n) is 4.15. The summed E-state index contributed by atoms with van der Waals surface area (Å²) in [6.07, 6.45) is 3.23. The Morgan fingerprint density at radius 2 is 1.68 bits per heavy atom. The number of anilines is 1. The molecule has 0 aliphatic carbocycles. The molecule has 1 aliphatic rings. The first-order chi connectivity index (χ1) is 12.0. The molecule has 0 N–H and O–H groups in total. The van der Waals surface area contributed by atoms with Crippen molar-refractivity contribution in [1.29, 1.82) is 0 Å². The van der Waals surface area contributed by atoms with Gasteiger partial charge < -0.3 is 9.80 Å². The Bertz CT molecular complexity index is 785. The van der Waals surface area contributed by atoms with Gasteiger partial charge in [-0.05, 0) is 48.0 Å². The Morgan fingerprint density at radius 1 is 1.00 bits per heavy atom. The minimum atomic E-state index is -0.247. The summed E-state index contributed by atoms with van der Waals surface area (Å²) in [7, 11) is 0. The van der Waals surface area contributed by atoms with Crippen LogP contribution in [0.5, 0.6) is 0 Å². The molecule has 2 aromatic carbocycles. The van der Waals surface area contributed by atoms with Crippen molar-refractivity contribution < 1.29 is 9.18 Å². The van der Waals surface area contributed by atoms with Crippen LogP contribution in [0.15, 0.2) is 48.5 Å². The number of benzene rings is 2. The van der Waals surface area contributed by atoms with Gasteiger partial charge in [0, 0.05) is 48.0 Å². The predicted octanol–water partition coefficient (Wildman–Crippen LogP) is 4.49. The molecule has 0 radical (unpaired) electrons. The van der Waals surface area contributed by atoms with Gasteiger partial charge in [-0.2, -0.15) is 0 Å². The van der Waals surface area contributed by atoms with Crippen LogP contribution in [-0.2, 0) is 4.79 Å². The fourth-order valence-electron chi connectivity index (χ4n) is 2.74. The van der Waals surface area contributed by atoms with Gasteiger partial charge in [-0.25, -0.2) is 4.39 Å². The molecular formula is C19H17Cl2FN2O. The second-order valence-corrected chi connectivity index (χ2v) is 6.63. The highest BCUT2D eigenvalue weighted by Crippen LogP contribution is 2.22. The lowest BCUT2D eigenvalue weighted by atomic mass is 10.2. The van der Waals surface area contributed by atoms with Crippen molar-refractivity contribution in [3.05, 3.63) is 70.0 Å². The average molecular weight is 379 g/mol. The minimum Gasteiger partial charge on any atom is -0.368 e. The zero-order valence-electron chi connectivity index (χ0n) is 13.5. The molecule has 0 atom stereocenters. The summed E-state index contributed by atoms with van der Waals surface area (Å²) >= 11 is 12.0. The van der Waals surface area contributed by atoms with Crippen LogP contribution in [0.3, 0.4) is 0 Å². The maximum Gasteiger partial charge on any atom is 0.246 e. The summed E-state index contributed by atoms with van der Waals surface area (Å²) < 4.78 is 13.0. The third kappa shape index (κ3) is 4.53. The Labute approximate surface area is 156 Å². The van der Waals surface area contributed by atoms with E-state index in [4.69, 9.17) is 23.2 Å². The molecule has 0 saturated carbocycles. The lowest BCUT2D eigenvalue weighted by Crippen LogP contribution is -2.48. The van der Waals surface area contributed by atoms with E-state index in [9.17, 15) is 9.18 Å². The van der Waals surface area contributed by atoms with Crippen LogP contribution in [-0.4, -0.2) is 37.0 Å². The van der Waals surface area contributed by atoms with Gasteiger partial charge in [0.1, 0.15) is 5.82 Å². The van der Waals surface area contributed by atoms with E-state index in [-0.39, 0.29) is 11.7 Å². The monoisotopic (exact) mass is 378 g/mol. The van der Waals surface area contributed by atoms with E-state index in [1.165, 1.54) is 18.2 Å². The number of nitrogens with zero attached hydrogens (tertiary/aromatic N) is 2. The maximum atomic E-state index is 13.0. The molecule has 0 spiro atoms. The molecule has 6 heteroatoms. The molecule has 0 bridgehead atoms. The Kier molecular flexibility index (Phi) is 5.61. The van der Waals surface area contributed by atoms with Gasteiger partial charge in [0.15, 0.2) is 0 Å². The van der Waals surface area contributed by atoms with Crippen molar-refractivity contribution in [2.75, 3.05) is 31.1 Å². The highest BCUT2D eigenvalue weighted by molar-refractivity contribution is 6.35. The van der Waals surface area contributed by atoms with E-state index < -0.39 is 0 Å². The first kappa shape index (κ1) is 17.8. The fraction of sp³-hybridized carbons (Fsp3) is 0.211. The van der Waals surface area contributed by atoms with E-state index in [0.717, 1.165) is 11.3 Å². The number of amides is 1. The number of hydrogen-bond donors (Lipinski definition) is 0. The first-order valence-electron chi connectivity index (χ1n) is 7.95. The van der Waals surface area contributed by atoms with E-state index in [2.05, 4.69) is 4.90 Å². The van der Waals surface area contributed by atoms with E-state index in [0.29, 0.717) is 36.2 Å². The van der Waals surface area contributed by atoms with Gasteiger partial charge in [0.05, 0.1) is 0 Å². The molecule has 1 fully saturated rings. The zero-order valence-corrected chi connectivity index (χ0v) is 15.0. The second-order valence-electron chi connectivity index (χ2n) is 5.79. The number of carbonyl (C=O) groups excluding carboxylic acids is 1. The average Bonchev–Trinajstić information content (AvgIpc) is 2.61. The van der Waals surface area contributed by atoms with Crippen LogP contribution in [0.25, 0.3) is 6.08 Å². The summed E-state index contributed by atoms with van der Waals surface area (Å²) in [6.45, 7) is 2.67. The van der Waals surface area contributed by atoms with Crippen LogP contribution in [0.1, 0.15) is 5.56 Å².